The van der Waals surface area contributed by atoms with Gasteiger partial charge in [0.1, 0.15) is 10.8 Å². The summed E-state index contributed by atoms with van der Waals surface area (Å²) in [5, 5.41) is 33.0. The van der Waals surface area contributed by atoms with Gasteiger partial charge in [-0.2, -0.15) is 0 Å². The Hall–Kier alpha value is -3.16. The Morgan fingerprint density at radius 1 is 1.18 bits per heavy atom. The second-order valence-corrected chi connectivity index (χ2v) is 7.42. The van der Waals surface area contributed by atoms with Crippen LogP contribution in [0.3, 0.4) is 0 Å². The van der Waals surface area contributed by atoms with Crippen LogP contribution in [0.15, 0.2) is 59.7 Å². The first kappa shape index (κ1) is 18.2. The van der Waals surface area contributed by atoms with E-state index in [1.165, 1.54) is 23.5 Å². The van der Waals surface area contributed by atoms with Gasteiger partial charge in [-0.15, -0.1) is 11.3 Å². The summed E-state index contributed by atoms with van der Waals surface area (Å²) in [6.45, 7) is 0.0242. The third-order valence-electron chi connectivity index (χ3n) is 4.37. The van der Waals surface area contributed by atoms with Crippen LogP contribution in [0.2, 0.25) is 5.02 Å². The molecule has 8 heteroatoms. The number of carboxylic acid groups (broad SMARTS) is 1. The molecule has 28 heavy (non-hydrogen) atoms. The molecule has 0 atom stereocenters. The van der Waals surface area contributed by atoms with Crippen molar-refractivity contribution in [3.8, 4) is 11.3 Å². The lowest BCUT2D eigenvalue weighted by Crippen LogP contribution is -2.27. The Bertz CT molecular complexity index is 1100. The largest absolute Gasteiger partial charge is 0.874 e. The number of amidine groups is 1. The Labute approximate surface area is 169 Å². The van der Waals surface area contributed by atoms with E-state index < -0.39 is 5.97 Å². The maximum absolute atomic E-state index is 12.6. The lowest BCUT2D eigenvalue weighted by atomic mass is 10.2. The number of aromatic carboxylic acids is 1. The molecule has 2 N–H and O–H groups in total. The highest BCUT2D eigenvalue weighted by Crippen LogP contribution is 2.33. The van der Waals surface area contributed by atoms with E-state index in [0.29, 0.717) is 21.4 Å². The molecule has 0 fully saturated rings. The van der Waals surface area contributed by atoms with Crippen LogP contribution in [0.25, 0.3) is 16.8 Å². The number of rotatable bonds is 4. The first-order valence-corrected chi connectivity index (χ1v) is 9.51. The first-order valence-electron chi connectivity index (χ1n) is 8.26. The van der Waals surface area contributed by atoms with Crippen molar-refractivity contribution in [2.24, 2.45) is 0 Å². The number of nitrogens with one attached hydrogen (secondary N) is 1. The van der Waals surface area contributed by atoms with Gasteiger partial charge in [-0.3, -0.25) is 5.41 Å². The zero-order chi connectivity index (χ0) is 19.8. The molecule has 2 aromatic carbocycles. The fourth-order valence-corrected chi connectivity index (χ4v) is 3.95. The van der Waals surface area contributed by atoms with E-state index >= 15 is 0 Å². The van der Waals surface area contributed by atoms with Crippen molar-refractivity contribution >= 4 is 46.0 Å². The fourth-order valence-electron chi connectivity index (χ4n) is 2.94. The molecule has 0 spiro atoms. The molecule has 0 amide bonds. The highest BCUT2D eigenvalue weighted by molar-refractivity contribution is 7.11. The van der Waals surface area contributed by atoms with Gasteiger partial charge in [0.2, 0.25) is 0 Å². The molecule has 0 saturated heterocycles. The van der Waals surface area contributed by atoms with Gasteiger partial charge >= 0.3 is 5.97 Å². The molecule has 3 aromatic rings. The zero-order valence-corrected chi connectivity index (χ0v) is 15.9. The first-order chi connectivity index (χ1) is 13.4. The van der Waals surface area contributed by atoms with Gasteiger partial charge < -0.3 is 15.1 Å². The van der Waals surface area contributed by atoms with Crippen molar-refractivity contribution < 1.29 is 15.0 Å². The van der Waals surface area contributed by atoms with E-state index in [2.05, 4.69) is 4.98 Å². The van der Waals surface area contributed by atoms with Gasteiger partial charge in [0, 0.05) is 33.8 Å². The SMILES string of the molecule is N=C1C(c2nc(-c3ccc(Cl)cc3)cs2)=C([O-])CN1c1ccc(C(=O)O)cc1. The molecule has 6 nitrogen and oxygen atoms in total. The van der Waals surface area contributed by atoms with Crippen molar-refractivity contribution in [3.05, 3.63) is 75.3 Å². The molecule has 0 unspecified atom stereocenters. The van der Waals surface area contributed by atoms with Gasteiger partial charge in [-0.25, -0.2) is 9.78 Å². The lowest BCUT2D eigenvalue weighted by molar-refractivity contribution is -0.300. The van der Waals surface area contributed by atoms with Crippen LogP contribution in [0.1, 0.15) is 15.4 Å². The molecule has 2 heterocycles. The number of benzene rings is 2. The van der Waals surface area contributed by atoms with Gasteiger partial charge in [0.15, 0.2) is 0 Å². The van der Waals surface area contributed by atoms with Crippen LogP contribution in [0.4, 0.5) is 5.69 Å². The summed E-state index contributed by atoms with van der Waals surface area (Å²) in [6, 6.07) is 13.3. The van der Waals surface area contributed by atoms with Crippen molar-refractivity contribution in [1.82, 2.24) is 4.98 Å². The number of carboxylic acids is 1. The van der Waals surface area contributed by atoms with Crippen molar-refractivity contribution in [3.63, 3.8) is 0 Å². The van der Waals surface area contributed by atoms with E-state index in [-0.39, 0.29) is 29.3 Å². The maximum atomic E-state index is 12.6. The second-order valence-electron chi connectivity index (χ2n) is 6.13. The summed E-state index contributed by atoms with van der Waals surface area (Å²) in [4.78, 5) is 17.1. The Morgan fingerprint density at radius 2 is 1.86 bits per heavy atom. The van der Waals surface area contributed by atoms with Crippen LogP contribution >= 0.6 is 22.9 Å². The predicted octanol–water partition coefficient (Wildman–Crippen LogP) is 3.73. The van der Waals surface area contributed by atoms with E-state index in [9.17, 15) is 9.90 Å². The highest BCUT2D eigenvalue weighted by atomic mass is 35.5. The average molecular weight is 411 g/mol. The van der Waals surface area contributed by atoms with E-state index in [1.54, 1.807) is 29.2 Å². The molecule has 140 valence electrons. The summed E-state index contributed by atoms with van der Waals surface area (Å²) >= 11 is 7.22. The van der Waals surface area contributed by atoms with Crippen molar-refractivity contribution in [2.45, 2.75) is 0 Å². The Morgan fingerprint density at radius 3 is 2.50 bits per heavy atom. The van der Waals surface area contributed by atoms with Crippen molar-refractivity contribution in [2.75, 3.05) is 11.4 Å². The molecule has 4 rings (SSSR count). The minimum absolute atomic E-state index is 0.0242. The van der Waals surface area contributed by atoms with Gasteiger partial charge in [-0.05, 0) is 36.4 Å². The minimum Gasteiger partial charge on any atom is -0.874 e. The third-order valence-corrected chi connectivity index (χ3v) is 5.48. The number of aromatic nitrogens is 1. The number of anilines is 1. The molecule has 1 aliphatic heterocycles. The van der Waals surface area contributed by atoms with Gasteiger partial charge in [-0.1, -0.05) is 29.5 Å². The molecular weight excluding hydrogens is 398 g/mol. The molecule has 0 bridgehead atoms. The van der Waals surface area contributed by atoms with Crippen LogP contribution in [0.5, 0.6) is 0 Å². The van der Waals surface area contributed by atoms with E-state index in [0.717, 1.165) is 5.56 Å². The minimum atomic E-state index is -1.02. The molecular formula is C20H13ClN3O3S-. The summed E-state index contributed by atoms with van der Waals surface area (Å²) in [5.74, 6) is -1.15. The highest BCUT2D eigenvalue weighted by Gasteiger charge is 2.27. The standard InChI is InChI=1S/C20H14ClN3O3S/c21-13-5-1-11(2-6-13)15-10-28-19(23-15)17-16(25)9-24(18(17)22)14-7-3-12(4-8-14)20(26)27/h1-8,10,22,25H,9H2,(H,26,27)/p-1. The van der Waals surface area contributed by atoms with Gasteiger partial charge in [0.05, 0.1) is 11.3 Å². The molecule has 1 aliphatic rings. The molecule has 1 aromatic heterocycles. The van der Waals surface area contributed by atoms with Crippen LogP contribution in [-0.4, -0.2) is 28.4 Å². The van der Waals surface area contributed by atoms with E-state index in [1.807, 2.05) is 17.5 Å². The zero-order valence-electron chi connectivity index (χ0n) is 14.3. The Balaban J connectivity index is 1.60. The quantitative estimate of drug-likeness (QED) is 0.682. The maximum Gasteiger partial charge on any atom is 0.335 e. The molecule has 0 saturated carbocycles. The summed E-state index contributed by atoms with van der Waals surface area (Å²) < 4.78 is 0. The Kier molecular flexibility index (Phi) is 4.62. The number of hydrogen-bond donors (Lipinski definition) is 2. The monoisotopic (exact) mass is 410 g/mol. The third kappa shape index (κ3) is 3.26. The summed E-state index contributed by atoms with van der Waals surface area (Å²) in [6.07, 6.45) is 0. The number of carbonyl (C=O) groups is 1. The summed E-state index contributed by atoms with van der Waals surface area (Å²) in [5.41, 5.74) is 2.61. The molecule has 0 radical (unpaired) electrons. The van der Waals surface area contributed by atoms with E-state index in [4.69, 9.17) is 22.1 Å². The average Bonchev–Trinajstić information content (AvgIpc) is 3.27. The van der Waals surface area contributed by atoms with Gasteiger partial charge in [0.25, 0.3) is 0 Å². The van der Waals surface area contributed by atoms with Crippen LogP contribution in [0, 0.1) is 5.41 Å². The van der Waals surface area contributed by atoms with Crippen LogP contribution < -0.4 is 10.0 Å². The smallest absolute Gasteiger partial charge is 0.335 e. The number of halogens is 1. The lowest BCUT2D eigenvalue weighted by Gasteiger charge is -2.20. The topological polar surface area (TPSA) is 100 Å². The second kappa shape index (κ2) is 7.10. The molecule has 0 aliphatic carbocycles. The van der Waals surface area contributed by atoms with Crippen LogP contribution in [-0.2, 0) is 0 Å². The normalized spacial score (nSPS) is 14.0. The predicted molar refractivity (Wildman–Crippen MR) is 108 cm³/mol. The number of hydrogen-bond acceptors (Lipinski definition) is 5. The summed E-state index contributed by atoms with van der Waals surface area (Å²) in [7, 11) is 0. The fraction of sp³-hybridized carbons (Fsp3) is 0.0500. The number of thiazole rings is 1. The number of nitrogens with zero attached hydrogens (tertiary/aromatic N) is 2. The van der Waals surface area contributed by atoms with Crippen molar-refractivity contribution in [1.29, 1.82) is 5.41 Å².